The Hall–Kier alpha value is -3.02. The first-order valence-corrected chi connectivity index (χ1v) is 7.15. The zero-order valence-corrected chi connectivity index (χ0v) is 13.2. The first kappa shape index (κ1) is 16.4. The molecular weight excluding hydrogens is 292 g/mol. The van der Waals surface area contributed by atoms with Crippen molar-refractivity contribution in [2.75, 3.05) is 24.7 Å². The Bertz CT molecular complexity index is 696. The number of methoxy groups -OCH3 is 1. The standard InChI is InChI=1S/C17H20N4O2/c1-12(13-4-3-5-14(18)10-13)20-21-17(22)11-19-15-6-8-16(23-2)9-7-15/h3-10,19H,11,18H2,1-2H3,(H,21,22)/b20-12-. The SMILES string of the molecule is COc1ccc(NCC(=O)N/N=C(/C)c2cccc(N)c2)cc1. The molecule has 2 aromatic carbocycles. The number of carbonyl (C=O) groups excluding carboxylic acids is 1. The van der Waals surface area contributed by atoms with Crippen LogP contribution in [-0.2, 0) is 4.79 Å². The van der Waals surface area contributed by atoms with Crippen molar-refractivity contribution in [3.63, 3.8) is 0 Å². The molecule has 2 aromatic rings. The van der Waals surface area contributed by atoms with E-state index in [1.165, 1.54) is 0 Å². The molecule has 0 spiro atoms. The monoisotopic (exact) mass is 312 g/mol. The summed E-state index contributed by atoms with van der Waals surface area (Å²) in [5, 5.41) is 7.09. The molecule has 0 saturated heterocycles. The number of carbonyl (C=O) groups is 1. The average Bonchev–Trinajstić information content (AvgIpc) is 2.58. The van der Waals surface area contributed by atoms with Crippen molar-refractivity contribution in [3.8, 4) is 5.75 Å². The number of nitrogens with two attached hydrogens (primary N) is 1. The molecule has 0 saturated carbocycles. The van der Waals surface area contributed by atoms with Gasteiger partial charge in [0.2, 0.25) is 0 Å². The minimum absolute atomic E-state index is 0.125. The summed E-state index contributed by atoms with van der Waals surface area (Å²) in [5.41, 5.74) is 11.3. The maximum atomic E-state index is 11.8. The van der Waals surface area contributed by atoms with Crippen molar-refractivity contribution in [1.82, 2.24) is 5.43 Å². The van der Waals surface area contributed by atoms with Crippen LogP contribution < -0.4 is 21.2 Å². The van der Waals surface area contributed by atoms with E-state index >= 15 is 0 Å². The number of rotatable bonds is 6. The lowest BCUT2D eigenvalue weighted by atomic mass is 10.1. The fourth-order valence-corrected chi connectivity index (χ4v) is 1.91. The molecule has 0 aliphatic rings. The quantitative estimate of drug-likeness (QED) is 0.433. The van der Waals surface area contributed by atoms with E-state index in [4.69, 9.17) is 10.5 Å². The molecule has 0 radical (unpaired) electrons. The minimum atomic E-state index is -0.232. The molecule has 120 valence electrons. The summed E-state index contributed by atoms with van der Waals surface area (Å²) in [4.78, 5) is 11.8. The van der Waals surface area contributed by atoms with Gasteiger partial charge in [0.05, 0.1) is 19.4 Å². The predicted octanol–water partition coefficient (Wildman–Crippen LogP) is 2.23. The van der Waals surface area contributed by atoms with E-state index in [1.807, 2.05) is 43.3 Å². The van der Waals surface area contributed by atoms with Gasteiger partial charge in [-0.2, -0.15) is 5.10 Å². The normalized spacial score (nSPS) is 11.0. The lowest BCUT2D eigenvalue weighted by molar-refractivity contribution is -0.119. The van der Waals surface area contributed by atoms with Crippen LogP contribution in [0.1, 0.15) is 12.5 Å². The molecule has 0 unspecified atom stereocenters. The Balaban J connectivity index is 1.85. The Labute approximate surface area is 135 Å². The molecule has 6 heteroatoms. The van der Waals surface area contributed by atoms with E-state index in [0.29, 0.717) is 11.4 Å². The number of nitrogens with zero attached hydrogens (tertiary/aromatic N) is 1. The molecule has 0 aromatic heterocycles. The van der Waals surface area contributed by atoms with Gasteiger partial charge in [0.15, 0.2) is 0 Å². The van der Waals surface area contributed by atoms with Gasteiger partial charge in [0.25, 0.3) is 5.91 Å². The summed E-state index contributed by atoms with van der Waals surface area (Å²) in [6, 6.07) is 14.7. The lowest BCUT2D eigenvalue weighted by Gasteiger charge is -2.07. The molecule has 0 aliphatic heterocycles. The van der Waals surface area contributed by atoms with E-state index in [1.54, 1.807) is 19.2 Å². The van der Waals surface area contributed by atoms with Crippen molar-refractivity contribution < 1.29 is 9.53 Å². The molecule has 4 N–H and O–H groups in total. The molecular formula is C17H20N4O2. The molecule has 0 bridgehead atoms. The molecule has 23 heavy (non-hydrogen) atoms. The van der Waals surface area contributed by atoms with Gasteiger partial charge in [0.1, 0.15) is 5.75 Å². The van der Waals surface area contributed by atoms with E-state index in [0.717, 1.165) is 17.0 Å². The third kappa shape index (κ3) is 5.03. The Morgan fingerprint density at radius 3 is 2.61 bits per heavy atom. The maximum Gasteiger partial charge on any atom is 0.259 e. The summed E-state index contributed by atoms with van der Waals surface area (Å²) in [6.45, 7) is 1.94. The summed E-state index contributed by atoms with van der Waals surface area (Å²) >= 11 is 0. The van der Waals surface area contributed by atoms with Crippen LogP contribution >= 0.6 is 0 Å². The van der Waals surface area contributed by atoms with Gasteiger partial charge in [-0.05, 0) is 48.9 Å². The van der Waals surface area contributed by atoms with Gasteiger partial charge >= 0.3 is 0 Å². The van der Waals surface area contributed by atoms with Crippen LogP contribution in [0.2, 0.25) is 0 Å². The van der Waals surface area contributed by atoms with Crippen LogP contribution in [0.15, 0.2) is 53.6 Å². The minimum Gasteiger partial charge on any atom is -0.497 e. The highest BCUT2D eigenvalue weighted by Crippen LogP contribution is 2.14. The first-order chi connectivity index (χ1) is 11.1. The second-order valence-electron chi connectivity index (χ2n) is 4.94. The van der Waals surface area contributed by atoms with Crippen LogP contribution in [0.3, 0.4) is 0 Å². The molecule has 0 heterocycles. The number of hydrogen-bond acceptors (Lipinski definition) is 5. The molecule has 0 fully saturated rings. The molecule has 1 amide bonds. The topological polar surface area (TPSA) is 88.7 Å². The Morgan fingerprint density at radius 2 is 1.96 bits per heavy atom. The van der Waals surface area contributed by atoms with E-state index in [2.05, 4.69) is 15.8 Å². The van der Waals surface area contributed by atoms with Crippen LogP contribution in [-0.4, -0.2) is 25.3 Å². The average molecular weight is 312 g/mol. The van der Waals surface area contributed by atoms with Crippen molar-refractivity contribution in [1.29, 1.82) is 0 Å². The summed E-state index contributed by atoms with van der Waals surface area (Å²) in [6.07, 6.45) is 0. The molecule has 6 nitrogen and oxygen atoms in total. The van der Waals surface area contributed by atoms with Crippen molar-refractivity contribution in [2.45, 2.75) is 6.92 Å². The fourth-order valence-electron chi connectivity index (χ4n) is 1.91. The third-order valence-electron chi connectivity index (χ3n) is 3.20. The molecule has 0 atom stereocenters. The fraction of sp³-hybridized carbons (Fsp3) is 0.176. The number of hydrogen-bond donors (Lipinski definition) is 3. The highest BCUT2D eigenvalue weighted by atomic mass is 16.5. The van der Waals surface area contributed by atoms with Crippen molar-refractivity contribution in [2.24, 2.45) is 5.10 Å². The zero-order chi connectivity index (χ0) is 16.7. The van der Waals surface area contributed by atoms with Crippen LogP contribution in [0.4, 0.5) is 11.4 Å². The Morgan fingerprint density at radius 1 is 1.22 bits per heavy atom. The van der Waals surface area contributed by atoms with Crippen molar-refractivity contribution >= 4 is 23.0 Å². The van der Waals surface area contributed by atoms with Gasteiger partial charge in [0, 0.05) is 11.4 Å². The largest absolute Gasteiger partial charge is 0.497 e. The molecule has 2 rings (SSSR count). The van der Waals surface area contributed by atoms with Gasteiger partial charge in [-0.3, -0.25) is 4.79 Å². The summed E-state index contributed by atoms with van der Waals surface area (Å²) in [5.74, 6) is 0.534. The van der Waals surface area contributed by atoms with Crippen LogP contribution in [0.25, 0.3) is 0 Å². The molecule has 0 aliphatic carbocycles. The second kappa shape index (κ2) is 7.84. The summed E-state index contributed by atoms with van der Waals surface area (Å²) in [7, 11) is 1.61. The second-order valence-corrected chi connectivity index (χ2v) is 4.94. The number of nitrogens with one attached hydrogen (secondary N) is 2. The number of anilines is 2. The van der Waals surface area contributed by atoms with E-state index in [-0.39, 0.29) is 12.5 Å². The number of ether oxygens (including phenoxy) is 1. The highest BCUT2D eigenvalue weighted by Gasteiger charge is 2.02. The van der Waals surface area contributed by atoms with Crippen LogP contribution in [0.5, 0.6) is 5.75 Å². The zero-order valence-electron chi connectivity index (χ0n) is 13.2. The summed E-state index contributed by atoms with van der Waals surface area (Å²) < 4.78 is 5.08. The number of nitrogen functional groups attached to an aromatic ring is 1. The smallest absolute Gasteiger partial charge is 0.259 e. The highest BCUT2D eigenvalue weighted by molar-refractivity contribution is 6.00. The van der Waals surface area contributed by atoms with E-state index in [9.17, 15) is 4.79 Å². The Kier molecular flexibility index (Phi) is 5.57. The number of benzene rings is 2. The predicted molar refractivity (Wildman–Crippen MR) is 92.7 cm³/mol. The van der Waals surface area contributed by atoms with Gasteiger partial charge in [-0.25, -0.2) is 5.43 Å². The third-order valence-corrected chi connectivity index (χ3v) is 3.20. The van der Waals surface area contributed by atoms with Crippen molar-refractivity contribution in [3.05, 3.63) is 54.1 Å². The lowest BCUT2D eigenvalue weighted by Crippen LogP contribution is -2.26. The van der Waals surface area contributed by atoms with Gasteiger partial charge in [-0.15, -0.1) is 0 Å². The number of hydrazone groups is 1. The van der Waals surface area contributed by atoms with Crippen LogP contribution in [0, 0.1) is 0 Å². The maximum absolute atomic E-state index is 11.8. The van der Waals surface area contributed by atoms with E-state index < -0.39 is 0 Å². The number of amides is 1. The first-order valence-electron chi connectivity index (χ1n) is 7.15. The van der Waals surface area contributed by atoms with Gasteiger partial charge < -0.3 is 15.8 Å². The van der Waals surface area contributed by atoms with Gasteiger partial charge in [-0.1, -0.05) is 12.1 Å².